The van der Waals surface area contributed by atoms with Gasteiger partial charge in [-0.3, -0.25) is 0 Å². The van der Waals surface area contributed by atoms with Crippen molar-refractivity contribution in [1.29, 1.82) is 0 Å². The minimum absolute atomic E-state index is 0.603. The second-order valence-corrected chi connectivity index (χ2v) is 5.18. The zero-order valence-electron chi connectivity index (χ0n) is 12.9. The van der Waals surface area contributed by atoms with Crippen LogP contribution in [0, 0.1) is 0 Å². The van der Waals surface area contributed by atoms with Gasteiger partial charge in [-0.05, 0) is 40.5 Å². The highest BCUT2D eigenvalue weighted by molar-refractivity contribution is 9.10. The van der Waals surface area contributed by atoms with Crippen molar-refractivity contribution >= 4 is 15.9 Å². The molecule has 0 fully saturated rings. The van der Waals surface area contributed by atoms with Gasteiger partial charge >= 0.3 is 0 Å². The summed E-state index contributed by atoms with van der Waals surface area (Å²) >= 11 is 3.52. The van der Waals surface area contributed by atoms with E-state index in [1.807, 2.05) is 19.1 Å². The van der Waals surface area contributed by atoms with Gasteiger partial charge in [-0.2, -0.15) is 0 Å². The quantitative estimate of drug-likeness (QED) is 0.614. The Hall–Kier alpha value is -0.820. The molecule has 0 atom stereocenters. The second kappa shape index (κ2) is 10.8. The van der Waals surface area contributed by atoms with E-state index < -0.39 is 0 Å². The highest BCUT2D eigenvalue weighted by Crippen LogP contribution is 2.36. The van der Waals surface area contributed by atoms with Gasteiger partial charge in [-0.15, -0.1) is 0 Å². The lowest BCUT2D eigenvalue weighted by Gasteiger charge is -2.14. The van der Waals surface area contributed by atoms with Gasteiger partial charge in [0.15, 0.2) is 11.5 Å². The third-order valence-electron chi connectivity index (χ3n) is 2.76. The number of hydrogen-bond acceptors (Lipinski definition) is 5. The summed E-state index contributed by atoms with van der Waals surface area (Å²) in [5.41, 5.74) is 1.12. The fourth-order valence-electron chi connectivity index (χ4n) is 1.78. The Morgan fingerprint density at radius 3 is 2.62 bits per heavy atom. The molecule has 1 N–H and O–H groups in total. The van der Waals surface area contributed by atoms with Gasteiger partial charge in [0.25, 0.3) is 0 Å². The average molecular weight is 362 g/mol. The maximum absolute atomic E-state index is 5.57. The fourth-order valence-corrected chi connectivity index (χ4v) is 2.38. The largest absolute Gasteiger partial charge is 0.493 e. The standard InChI is InChI=1S/C15H24BrNO4/c1-4-21-15-13(16)9-12(10-14(15)19-3)11-17-5-6-20-8-7-18-2/h9-10,17H,4-8,11H2,1-3H3. The molecule has 120 valence electrons. The molecular formula is C15H24BrNO4. The van der Waals surface area contributed by atoms with Crippen molar-refractivity contribution in [2.75, 3.05) is 47.2 Å². The van der Waals surface area contributed by atoms with Crippen LogP contribution < -0.4 is 14.8 Å². The molecule has 1 aromatic carbocycles. The molecule has 0 aliphatic carbocycles. The molecule has 0 saturated carbocycles. The van der Waals surface area contributed by atoms with E-state index in [0.29, 0.717) is 26.4 Å². The minimum atomic E-state index is 0.603. The number of nitrogens with one attached hydrogen (secondary N) is 1. The average Bonchev–Trinajstić information content (AvgIpc) is 2.48. The molecule has 1 rings (SSSR count). The Labute approximate surface area is 135 Å². The van der Waals surface area contributed by atoms with E-state index in [1.165, 1.54) is 0 Å². The Morgan fingerprint density at radius 1 is 1.14 bits per heavy atom. The first-order valence-electron chi connectivity index (χ1n) is 6.99. The Balaban J connectivity index is 2.43. The summed E-state index contributed by atoms with van der Waals surface area (Å²) in [5.74, 6) is 1.48. The number of halogens is 1. The highest BCUT2D eigenvalue weighted by Gasteiger charge is 2.10. The zero-order chi connectivity index (χ0) is 15.5. The highest BCUT2D eigenvalue weighted by atomic mass is 79.9. The maximum atomic E-state index is 5.57. The minimum Gasteiger partial charge on any atom is -0.493 e. The van der Waals surface area contributed by atoms with Crippen molar-refractivity contribution in [3.8, 4) is 11.5 Å². The summed E-state index contributed by atoms with van der Waals surface area (Å²) in [7, 11) is 3.31. The lowest BCUT2D eigenvalue weighted by molar-refractivity contribution is 0.0719. The summed E-state index contributed by atoms with van der Waals surface area (Å²) in [5, 5.41) is 3.33. The maximum Gasteiger partial charge on any atom is 0.175 e. The van der Waals surface area contributed by atoms with Crippen LogP contribution in [0.1, 0.15) is 12.5 Å². The van der Waals surface area contributed by atoms with Gasteiger partial charge in [0.2, 0.25) is 0 Å². The van der Waals surface area contributed by atoms with Crippen LogP contribution in [-0.4, -0.2) is 47.2 Å². The van der Waals surface area contributed by atoms with Crippen LogP contribution in [0.5, 0.6) is 11.5 Å². The molecule has 1 aromatic rings. The molecule has 0 radical (unpaired) electrons. The second-order valence-electron chi connectivity index (χ2n) is 4.32. The molecule has 6 heteroatoms. The van der Waals surface area contributed by atoms with E-state index in [0.717, 1.165) is 34.6 Å². The molecule has 0 spiro atoms. The molecule has 0 aromatic heterocycles. The summed E-state index contributed by atoms with van der Waals surface area (Å²) < 4.78 is 22.1. The summed E-state index contributed by atoms with van der Waals surface area (Å²) in [6.45, 7) is 6.00. The SMILES string of the molecule is CCOc1c(Br)cc(CNCCOCCOC)cc1OC. The first-order chi connectivity index (χ1) is 10.2. The Kier molecular flexibility index (Phi) is 9.41. The monoisotopic (exact) mass is 361 g/mol. The summed E-state index contributed by atoms with van der Waals surface area (Å²) in [4.78, 5) is 0. The predicted octanol–water partition coefficient (Wildman–Crippen LogP) is 2.61. The van der Waals surface area contributed by atoms with Gasteiger partial charge in [0.1, 0.15) is 0 Å². The van der Waals surface area contributed by atoms with Crippen molar-refractivity contribution in [3.63, 3.8) is 0 Å². The van der Waals surface area contributed by atoms with Crippen LogP contribution >= 0.6 is 15.9 Å². The Bertz CT molecular complexity index is 415. The van der Waals surface area contributed by atoms with Gasteiger partial charge in [0, 0.05) is 20.2 Å². The molecule has 5 nitrogen and oxygen atoms in total. The fraction of sp³-hybridized carbons (Fsp3) is 0.600. The third kappa shape index (κ3) is 6.65. The van der Waals surface area contributed by atoms with Gasteiger partial charge < -0.3 is 24.3 Å². The van der Waals surface area contributed by atoms with Crippen molar-refractivity contribution < 1.29 is 18.9 Å². The molecule has 0 bridgehead atoms. The topological polar surface area (TPSA) is 49.0 Å². The Morgan fingerprint density at radius 2 is 1.95 bits per heavy atom. The van der Waals surface area contributed by atoms with E-state index in [-0.39, 0.29) is 0 Å². The van der Waals surface area contributed by atoms with Gasteiger partial charge in [-0.25, -0.2) is 0 Å². The normalized spacial score (nSPS) is 10.7. The number of rotatable bonds is 11. The molecular weight excluding hydrogens is 338 g/mol. The first-order valence-corrected chi connectivity index (χ1v) is 7.78. The van der Waals surface area contributed by atoms with E-state index >= 15 is 0 Å². The van der Waals surface area contributed by atoms with Crippen molar-refractivity contribution in [1.82, 2.24) is 5.32 Å². The van der Waals surface area contributed by atoms with Crippen LogP contribution in [0.25, 0.3) is 0 Å². The number of hydrogen-bond donors (Lipinski definition) is 1. The van der Waals surface area contributed by atoms with Crippen LogP contribution in [0.2, 0.25) is 0 Å². The van der Waals surface area contributed by atoms with Gasteiger partial charge in [-0.1, -0.05) is 0 Å². The molecule has 0 aliphatic heterocycles. The molecule has 21 heavy (non-hydrogen) atoms. The summed E-state index contributed by atoms with van der Waals surface area (Å²) in [6, 6.07) is 4.01. The molecule has 0 saturated heterocycles. The number of ether oxygens (including phenoxy) is 4. The smallest absolute Gasteiger partial charge is 0.175 e. The van der Waals surface area contributed by atoms with Crippen LogP contribution in [0.4, 0.5) is 0 Å². The molecule has 0 aliphatic rings. The zero-order valence-corrected chi connectivity index (χ0v) is 14.5. The van der Waals surface area contributed by atoms with Crippen LogP contribution in [0.15, 0.2) is 16.6 Å². The summed E-state index contributed by atoms with van der Waals surface area (Å²) in [6.07, 6.45) is 0. The predicted molar refractivity (Wildman–Crippen MR) is 86.3 cm³/mol. The lowest BCUT2D eigenvalue weighted by atomic mass is 10.2. The molecule has 0 unspecified atom stereocenters. The van der Waals surface area contributed by atoms with E-state index in [2.05, 4.69) is 21.2 Å². The lowest BCUT2D eigenvalue weighted by Crippen LogP contribution is -2.20. The molecule has 0 heterocycles. The van der Waals surface area contributed by atoms with Gasteiger partial charge in [0.05, 0.1) is 38.0 Å². The van der Waals surface area contributed by atoms with E-state index in [4.69, 9.17) is 18.9 Å². The van der Waals surface area contributed by atoms with Crippen LogP contribution in [-0.2, 0) is 16.0 Å². The van der Waals surface area contributed by atoms with Crippen molar-refractivity contribution in [2.45, 2.75) is 13.5 Å². The molecule has 0 amide bonds. The number of benzene rings is 1. The third-order valence-corrected chi connectivity index (χ3v) is 3.35. The van der Waals surface area contributed by atoms with E-state index in [1.54, 1.807) is 14.2 Å². The van der Waals surface area contributed by atoms with Crippen molar-refractivity contribution in [2.24, 2.45) is 0 Å². The number of methoxy groups -OCH3 is 2. The van der Waals surface area contributed by atoms with Crippen LogP contribution in [0.3, 0.4) is 0 Å². The first kappa shape index (κ1) is 18.2. The van der Waals surface area contributed by atoms with Crippen molar-refractivity contribution in [3.05, 3.63) is 22.2 Å². The van der Waals surface area contributed by atoms with E-state index in [9.17, 15) is 0 Å².